The zero-order valence-electron chi connectivity index (χ0n) is 17.0. The van der Waals surface area contributed by atoms with Gasteiger partial charge < -0.3 is 20.2 Å². The predicted octanol–water partition coefficient (Wildman–Crippen LogP) is 4.61. The molecule has 1 aromatic carbocycles. The van der Waals surface area contributed by atoms with Crippen molar-refractivity contribution in [2.24, 2.45) is 5.73 Å². The summed E-state index contributed by atoms with van der Waals surface area (Å²) in [5.74, 6) is 0.679. The average molecular weight is 385 g/mol. The third-order valence-electron chi connectivity index (χ3n) is 6.98. The highest BCUT2D eigenvalue weighted by Crippen LogP contribution is 2.41. The zero-order chi connectivity index (χ0) is 19.7. The largest absolute Gasteiger partial charge is 0.381 e. The van der Waals surface area contributed by atoms with Gasteiger partial charge in [-0.05, 0) is 86.5 Å². The number of nitrogens with one attached hydrogen (secondary N) is 1. The molecule has 0 bridgehead atoms. The molecule has 2 fully saturated rings. The Morgan fingerprint density at radius 2 is 1.46 bits per heavy atom. The highest BCUT2D eigenvalue weighted by molar-refractivity contribution is 5.98. The van der Waals surface area contributed by atoms with E-state index in [1.807, 2.05) is 20.3 Å². The van der Waals surface area contributed by atoms with Crippen LogP contribution < -0.4 is 5.73 Å². The van der Waals surface area contributed by atoms with Gasteiger partial charge in [0, 0.05) is 25.1 Å². The molecule has 5 heteroatoms. The number of primary amides is 1. The van der Waals surface area contributed by atoms with Crippen molar-refractivity contribution in [2.75, 3.05) is 14.2 Å². The lowest BCUT2D eigenvalue weighted by Crippen LogP contribution is -2.20. The lowest BCUT2D eigenvalue weighted by Gasteiger charge is -2.31. The molecule has 0 spiro atoms. The summed E-state index contributed by atoms with van der Waals surface area (Å²) >= 11 is 0. The van der Waals surface area contributed by atoms with Crippen molar-refractivity contribution >= 4 is 16.8 Å². The molecule has 0 saturated heterocycles. The van der Waals surface area contributed by atoms with Crippen LogP contribution in [0.25, 0.3) is 10.9 Å². The van der Waals surface area contributed by atoms with E-state index < -0.39 is 5.91 Å². The van der Waals surface area contributed by atoms with E-state index in [0.717, 1.165) is 62.3 Å². The van der Waals surface area contributed by atoms with Crippen molar-refractivity contribution < 1.29 is 14.3 Å². The number of fused-ring (bicyclic) bond motifs is 1. The fraction of sp³-hybridized carbons (Fsp3) is 0.609. The maximum absolute atomic E-state index is 11.8. The van der Waals surface area contributed by atoms with E-state index in [1.54, 1.807) is 0 Å². The van der Waals surface area contributed by atoms with E-state index in [2.05, 4.69) is 17.1 Å². The van der Waals surface area contributed by atoms with Crippen LogP contribution in [0.4, 0.5) is 0 Å². The van der Waals surface area contributed by atoms with Crippen LogP contribution in [0.1, 0.15) is 84.8 Å². The minimum absolute atomic E-state index is 0.381. The Kier molecular flexibility index (Phi) is 5.74. The number of carbonyl (C=O) groups is 1. The Bertz CT molecular complexity index is 828. The highest BCUT2D eigenvalue weighted by Gasteiger charge is 2.27. The molecule has 1 amide bonds. The number of H-pyrrole nitrogens is 1. The van der Waals surface area contributed by atoms with Crippen molar-refractivity contribution in [3.05, 3.63) is 35.0 Å². The fourth-order valence-corrected chi connectivity index (χ4v) is 5.24. The van der Waals surface area contributed by atoms with Crippen LogP contribution in [-0.2, 0) is 9.47 Å². The van der Waals surface area contributed by atoms with E-state index in [0.29, 0.717) is 29.7 Å². The second-order valence-electron chi connectivity index (χ2n) is 8.54. The smallest absolute Gasteiger partial charge is 0.265 e. The Labute approximate surface area is 167 Å². The molecule has 2 aliphatic carbocycles. The minimum Gasteiger partial charge on any atom is -0.381 e. The van der Waals surface area contributed by atoms with Crippen LogP contribution in [0.15, 0.2) is 18.2 Å². The van der Waals surface area contributed by atoms with Gasteiger partial charge in [0.1, 0.15) is 5.69 Å². The molecule has 4 rings (SSSR count). The molecule has 1 aromatic heterocycles. The minimum atomic E-state index is -0.396. The van der Waals surface area contributed by atoms with Gasteiger partial charge in [-0.25, -0.2) is 0 Å². The lowest BCUT2D eigenvalue weighted by atomic mass is 9.78. The molecule has 2 saturated carbocycles. The molecular formula is C23H32N2O3. The second kappa shape index (κ2) is 8.26. The summed E-state index contributed by atoms with van der Waals surface area (Å²) in [5, 5.41) is 1.16. The van der Waals surface area contributed by atoms with E-state index in [4.69, 9.17) is 15.2 Å². The molecule has 0 unspecified atom stereocenters. The molecule has 0 atom stereocenters. The summed E-state index contributed by atoms with van der Waals surface area (Å²) in [6.45, 7) is 0. The number of hydrogen-bond donors (Lipinski definition) is 2. The normalized spacial score (nSPS) is 28.5. The monoisotopic (exact) mass is 384 g/mol. The van der Waals surface area contributed by atoms with E-state index in [9.17, 15) is 4.79 Å². The van der Waals surface area contributed by atoms with E-state index in [1.165, 1.54) is 11.1 Å². The van der Waals surface area contributed by atoms with Crippen LogP contribution >= 0.6 is 0 Å². The Balaban J connectivity index is 1.68. The molecule has 152 valence electrons. The third kappa shape index (κ3) is 3.83. The van der Waals surface area contributed by atoms with Crippen molar-refractivity contribution in [2.45, 2.75) is 75.4 Å². The first-order valence-electron chi connectivity index (χ1n) is 10.6. The summed E-state index contributed by atoms with van der Waals surface area (Å²) in [6, 6.07) is 6.60. The number of methoxy groups -OCH3 is 2. The number of amides is 1. The molecule has 2 aromatic rings. The maximum atomic E-state index is 11.8. The van der Waals surface area contributed by atoms with Gasteiger partial charge in [-0.15, -0.1) is 0 Å². The SMILES string of the molecule is COC1CCC(c2cc(C3CCC(OC)CC3)c3cc(C(N)=O)[nH]c3c2)CC1. The summed E-state index contributed by atoms with van der Waals surface area (Å²) < 4.78 is 11.1. The number of ether oxygens (including phenoxy) is 2. The highest BCUT2D eigenvalue weighted by atomic mass is 16.5. The number of aromatic amines is 1. The number of nitrogens with two attached hydrogens (primary N) is 1. The van der Waals surface area contributed by atoms with Gasteiger partial charge in [0.25, 0.3) is 5.91 Å². The van der Waals surface area contributed by atoms with Crippen LogP contribution in [0.3, 0.4) is 0 Å². The van der Waals surface area contributed by atoms with Gasteiger partial charge >= 0.3 is 0 Å². The van der Waals surface area contributed by atoms with Crippen LogP contribution in [0.5, 0.6) is 0 Å². The van der Waals surface area contributed by atoms with E-state index in [-0.39, 0.29) is 0 Å². The molecular weight excluding hydrogens is 352 g/mol. The number of aromatic nitrogens is 1. The first-order valence-corrected chi connectivity index (χ1v) is 10.6. The average Bonchev–Trinajstić information content (AvgIpc) is 3.18. The first kappa shape index (κ1) is 19.5. The molecule has 5 nitrogen and oxygen atoms in total. The van der Waals surface area contributed by atoms with Crippen molar-refractivity contribution in [3.63, 3.8) is 0 Å². The maximum Gasteiger partial charge on any atom is 0.265 e. The zero-order valence-corrected chi connectivity index (χ0v) is 17.0. The molecule has 0 aliphatic heterocycles. The topological polar surface area (TPSA) is 77.3 Å². The van der Waals surface area contributed by atoms with E-state index >= 15 is 0 Å². The fourth-order valence-electron chi connectivity index (χ4n) is 5.24. The molecule has 2 aliphatic rings. The molecule has 0 radical (unpaired) electrons. The van der Waals surface area contributed by atoms with Crippen LogP contribution in [0.2, 0.25) is 0 Å². The van der Waals surface area contributed by atoms with Crippen LogP contribution in [-0.4, -0.2) is 37.3 Å². The van der Waals surface area contributed by atoms with Gasteiger partial charge in [-0.3, -0.25) is 4.79 Å². The van der Waals surface area contributed by atoms with Gasteiger partial charge in [-0.2, -0.15) is 0 Å². The molecule has 3 N–H and O–H groups in total. The molecule has 28 heavy (non-hydrogen) atoms. The van der Waals surface area contributed by atoms with Crippen molar-refractivity contribution in [1.29, 1.82) is 0 Å². The lowest BCUT2D eigenvalue weighted by molar-refractivity contribution is 0.0654. The van der Waals surface area contributed by atoms with Crippen molar-refractivity contribution in [3.8, 4) is 0 Å². The summed E-state index contributed by atoms with van der Waals surface area (Å²) in [4.78, 5) is 15.0. The first-order chi connectivity index (χ1) is 13.6. The standard InChI is InChI=1S/C23H32N2O3/c1-27-17-7-3-14(4-8-17)16-11-19(15-5-9-18(28-2)10-6-15)20-13-22(23(24)26)25-21(20)12-16/h11-15,17-18,25H,3-10H2,1-2H3,(H2,24,26). The quantitative estimate of drug-likeness (QED) is 0.790. The summed E-state index contributed by atoms with van der Waals surface area (Å²) in [5.41, 5.74) is 9.87. The second-order valence-corrected chi connectivity index (χ2v) is 8.54. The third-order valence-corrected chi connectivity index (χ3v) is 6.98. The van der Waals surface area contributed by atoms with Gasteiger partial charge in [0.05, 0.1) is 12.2 Å². The van der Waals surface area contributed by atoms with Gasteiger partial charge in [0.15, 0.2) is 0 Å². The number of hydrogen-bond acceptors (Lipinski definition) is 3. The number of rotatable bonds is 5. The molecule has 1 heterocycles. The Hall–Kier alpha value is -1.85. The number of benzene rings is 1. The Morgan fingerprint density at radius 3 is 2.00 bits per heavy atom. The number of carbonyl (C=O) groups excluding carboxylic acids is 1. The summed E-state index contributed by atoms with van der Waals surface area (Å²) in [7, 11) is 3.63. The van der Waals surface area contributed by atoms with Crippen LogP contribution in [0, 0.1) is 0 Å². The predicted molar refractivity (Wildman–Crippen MR) is 111 cm³/mol. The summed E-state index contributed by atoms with van der Waals surface area (Å²) in [6.07, 6.45) is 9.78. The Morgan fingerprint density at radius 1 is 0.893 bits per heavy atom. The van der Waals surface area contributed by atoms with Gasteiger partial charge in [-0.1, -0.05) is 6.07 Å². The van der Waals surface area contributed by atoms with Gasteiger partial charge in [0.2, 0.25) is 0 Å². The van der Waals surface area contributed by atoms with Crippen molar-refractivity contribution in [1.82, 2.24) is 4.98 Å².